The fourth-order valence-corrected chi connectivity index (χ4v) is 0.898. The van der Waals surface area contributed by atoms with E-state index in [1.807, 2.05) is 0 Å². The fraction of sp³-hybridized carbons (Fsp3) is 0.750. The second-order valence-electron chi connectivity index (χ2n) is 2.81. The number of nitrogens with one attached hydrogen (secondary N) is 1. The minimum atomic E-state index is -4.17. The van der Waals surface area contributed by atoms with Gasteiger partial charge < -0.3 is 5.32 Å². The van der Waals surface area contributed by atoms with E-state index in [4.69, 9.17) is 0 Å². The van der Waals surface area contributed by atoms with Gasteiger partial charge in [0.25, 0.3) is 0 Å². The first kappa shape index (κ1) is 11.5. The minimum absolute atomic E-state index is 0.0443. The lowest BCUT2D eigenvalue weighted by Gasteiger charge is -2.20. The molecule has 0 aliphatic heterocycles. The lowest BCUT2D eigenvalue weighted by molar-refractivity contribution is -0.155. The Morgan fingerprint density at radius 1 is 1.50 bits per heavy atom. The molecule has 4 heteroatoms. The van der Waals surface area contributed by atoms with E-state index >= 15 is 0 Å². The summed E-state index contributed by atoms with van der Waals surface area (Å²) < 4.78 is 36.5. The molecule has 0 saturated heterocycles. The normalized spacial score (nSPS) is 14.4. The van der Waals surface area contributed by atoms with Gasteiger partial charge in [-0.25, -0.2) is 0 Å². The zero-order valence-electron chi connectivity index (χ0n) is 7.33. The smallest absolute Gasteiger partial charge is 0.306 e. The molecule has 1 nitrogen and oxygen atoms in total. The van der Waals surface area contributed by atoms with Crippen LogP contribution in [0.15, 0.2) is 12.2 Å². The highest BCUT2D eigenvalue weighted by Crippen LogP contribution is 2.24. The van der Waals surface area contributed by atoms with E-state index in [0.717, 1.165) is 0 Å². The molecular formula is C8H14F3N. The SMILES string of the molecule is C=C(C)CC(NCC)C(F)(F)F. The Labute approximate surface area is 70.7 Å². The van der Waals surface area contributed by atoms with Crippen LogP contribution in [-0.2, 0) is 0 Å². The molecule has 0 heterocycles. The maximum Gasteiger partial charge on any atom is 0.404 e. The van der Waals surface area contributed by atoms with Crippen molar-refractivity contribution in [1.29, 1.82) is 0 Å². The van der Waals surface area contributed by atoms with E-state index in [-0.39, 0.29) is 6.42 Å². The van der Waals surface area contributed by atoms with Gasteiger partial charge in [-0.3, -0.25) is 0 Å². The van der Waals surface area contributed by atoms with Crippen LogP contribution in [0.4, 0.5) is 13.2 Å². The van der Waals surface area contributed by atoms with Crippen molar-refractivity contribution >= 4 is 0 Å². The second kappa shape index (κ2) is 4.50. The summed E-state index contributed by atoms with van der Waals surface area (Å²) >= 11 is 0. The van der Waals surface area contributed by atoms with Crippen molar-refractivity contribution in [3.63, 3.8) is 0 Å². The topological polar surface area (TPSA) is 12.0 Å². The fourth-order valence-electron chi connectivity index (χ4n) is 0.898. The van der Waals surface area contributed by atoms with E-state index in [9.17, 15) is 13.2 Å². The number of halogens is 3. The van der Waals surface area contributed by atoms with E-state index in [0.29, 0.717) is 12.1 Å². The van der Waals surface area contributed by atoms with Gasteiger partial charge in [0.15, 0.2) is 0 Å². The molecular weight excluding hydrogens is 167 g/mol. The Morgan fingerprint density at radius 3 is 2.25 bits per heavy atom. The highest BCUT2D eigenvalue weighted by atomic mass is 19.4. The van der Waals surface area contributed by atoms with Crippen LogP contribution in [0.1, 0.15) is 20.3 Å². The molecule has 0 aliphatic rings. The average molecular weight is 181 g/mol. The molecule has 1 atom stereocenters. The van der Waals surface area contributed by atoms with Gasteiger partial charge in [-0.15, -0.1) is 6.58 Å². The molecule has 0 amide bonds. The summed E-state index contributed by atoms with van der Waals surface area (Å²) in [6, 6.07) is -1.44. The van der Waals surface area contributed by atoms with Crippen LogP contribution in [0.3, 0.4) is 0 Å². The number of hydrogen-bond acceptors (Lipinski definition) is 1. The summed E-state index contributed by atoms with van der Waals surface area (Å²) in [7, 11) is 0. The Kier molecular flexibility index (Phi) is 4.31. The highest BCUT2D eigenvalue weighted by molar-refractivity contribution is 4.95. The van der Waals surface area contributed by atoms with Crippen LogP contribution in [-0.4, -0.2) is 18.8 Å². The first-order valence-electron chi connectivity index (χ1n) is 3.82. The van der Waals surface area contributed by atoms with E-state index in [2.05, 4.69) is 11.9 Å². The molecule has 1 N–H and O–H groups in total. The predicted octanol–water partition coefficient (Wildman–Crippen LogP) is 2.49. The molecule has 0 aromatic carbocycles. The molecule has 72 valence electrons. The Bertz CT molecular complexity index is 151. The molecule has 0 aliphatic carbocycles. The van der Waals surface area contributed by atoms with Crippen LogP contribution in [0.25, 0.3) is 0 Å². The van der Waals surface area contributed by atoms with Crippen molar-refractivity contribution in [1.82, 2.24) is 5.32 Å². The van der Waals surface area contributed by atoms with Gasteiger partial charge >= 0.3 is 6.18 Å². The molecule has 12 heavy (non-hydrogen) atoms. The van der Waals surface area contributed by atoms with Crippen LogP contribution in [0.5, 0.6) is 0 Å². The maximum atomic E-state index is 12.2. The lowest BCUT2D eigenvalue weighted by Crippen LogP contribution is -2.42. The average Bonchev–Trinajstić information content (AvgIpc) is 1.83. The van der Waals surface area contributed by atoms with Crippen LogP contribution in [0.2, 0.25) is 0 Å². The molecule has 0 radical (unpaired) electrons. The Balaban J connectivity index is 4.13. The summed E-state index contributed by atoms with van der Waals surface area (Å²) in [5, 5.41) is 2.37. The van der Waals surface area contributed by atoms with Crippen LogP contribution >= 0.6 is 0 Å². The molecule has 0 bridgehead atoms. The summed E-state index contributed by atoms with van der Waals surface area (Å²) in [4.78, 5) is 0. The molecule has 0 spiro atoms. The first-order chi connectivity index (χ1) is 5.38. The molecule has 0 aromatic rings. The van der Waals surface area contributed by atoms with Gasteiger partial charge in [-0.2, -0.15) is 13.2 Å². The summed E-state index contributed by atoms with van der Waals surface area (Å²) in [6.45, 7) is 7.01. The standard InChI is InChI=1S/C8H14F3N/c1-4-12-7(5-6(2)3)8(9,10)11/h7,12H,2,4-5H2,1,3H3. The van der Waals surface area contributed by atoms with Crippen molar-refractivity contribution in [3.05, 3.63) is 12.2 Å². The Morgan fingerprint density at radius 2 is 2.00 bits per heavy atom. The second-order valence-corrected chi connectivity index (χ2v) is 2.81. The van der Waals surface area contributed by atoms with Crippen molar-refractivity contribution in [2.24, 2.45) is 0 Å². The minimum Gasteiger partial charge on any atom is -0.306 e. The van der Waals surface area contributed by atoms with Crippen molar-refractivity contribution < 1.29 is 13.2 Å². The van der Waals surface area contributed by atoms with Gasteiger partial charge in [0.2, 0.25) is 0 Å². The maximum absolute atomic E-state index is 12.2. The highest BCUT2D eigenvalue weighted by Gasteiger charge is 2.38. The summed E-state index contributed by atoms with van der Waals surface area (Å²) in [6.07, 6.45) is -4.22. The predicted molar refractivity (Wildman–Crippen MR) is 43.0 cm³/mol. The largest absolute Gasteiger partial charge is 0.404 e. The van der Waals surface area contributed by atoms with Crippen LogP contribution in [0, 0.1) is 0 Å². The number of alkyl halides is 3. The van der Waals surface area contributed by atoms with Crippen molar-refractivity contribution in [2.45, 2.75) is 32.5 Å². The third kappa shape index (κ3) is 4.38. The van der Waals surface area contributed by atoms with Gasteiger partial charge in [-0.05, 0) is 19.9 Å². The lowest BCUT2D eigenvalue weighted by atomic mass is 10.1. The third-order valence-corrected chi connectivity index (χ3v) is 1.40. The summed E-state index contributed by atoms with van der Waals surface area (Å²) in [5.41, 5.74) is 0.540. The summed E-state index contributed by atoms with van der Waals surface area (Å²) in [5.74, 6) is 0. The zero-order chi connectivity index (χ0) is 9.78. The van der Waals surface area contributed by atoms with Crippen molar-refractivity contribution in [2.75, 3.05) is 6.54 Å². The van der Waals surface area contributed by atoms with Gasteiger partial charge in [-0.1, -0.05) is 12.5 Å². The van der Waals surface area contributed by atoms with E-state index < -0.39 is 12.2 Å². The van der Waals surface area contributed by atoms with Crippen molar-refractivity contribution in [3.8, 4) is 0 Å². The third-order valence-electron chi connectivity index (χ3n) is 1.40. The zero-order valence-corrected chi connectivity index (χ0v) is 7.33. The quantitative estimate of drug-likeness (QED) is 0.657. The number of hydrogen-bond donors (Lipinski definition) is 1. The molecule has 0 aromatic heterocycles. The molecule has 0 saturated carbocycles. The number of rotatable bonds is 4. The van der Waals surface area contributed by atoms with E-state index in [1.165, 1.54) is 0 Å². The molecule has 0 fully saturated rings. The van der Waals surface area contributed by atoms with E-state index in [1.54, 1.807) is 13.8 Å². The van der Waals surface area contributed by atoms with Crippen LogP contribution < -0.4 is 5.32 Å². The van der Waals surface area contributed by atoms with Gasteiger partial charge in [0, 0.05) is 0 Å². The molecule has 1 unspecified atom stereocenters. The molecule has 0 rings (SSSR count). The van der Waals surface area contributed by atoms with Gasteiger partial charge in [0.05, 0.1) is 0 Å². The monoisotopic (exact) mass is 181 g/mol. The first-order valence-corrected chi connectivity index (χ1v) is 3.82. The Hall–Kier alpha value is -0.510. The van der Waals surface area contributed by atoms with Gasteiger partial charge in [0.1, 0.15) is 6.04 Å².